The number of amides is 1. The second-order valence-electron chi connectivity index (χ2n) is 5.26. The van der Waals surface area contributed by atoms with Gasteiger partial charge in [0.05, 0.1) is 21.3 Å². The maximum Gasteiger partial charge on any atom is 0.267 e. The first-order valence-corrected chi connectivity index (χ1v) is 7.28. The summed E-state index contributed by atoms with van der Waals surface area (Å²) in [6.45, 7) is 1.74. The van der Waals surface area contributed by atoms with E-state index in [0.717, 1.165) is 0 Å². The Hall–Kier alpha value is -2.90. The van der Waals surface area contributed by atoms with Crippen LogP contribution < -0.4 is 25.5 Å². The molecule has 0 aliphatic rings. The molecule has 0 aliphatic heterocycles. The molecule has 2 aromatic rings. The van der Waals surface area contributed by atoms with Crippen molar-refractivity contribution >= 4 is 5.91 Å². The van der Waals surface area contributed by atoms with Gasteiger partial charge >= 0.3 is 0 Å². The number of hydrogen-bond donors (Lipinski definition) is 3. The molecule has 0 saturated heterocycles. The van der Waals surface area contributed by atoms with Gasteiger partial charge in [0.25, 0.3) is 5.56 Å². The summed E-state index contributed by atoms with van der Waals surface area (Å²) in [4.78, 5) is 23.8. The number of rotatable bonds is 7. The lowest BCUT2D eigenvalue weighted by atomic mass is 9.87. The van der Waals surface area contributed by atoms with Crippen LogP contribution in [-0.2, 0) is 4.79 Å². The Kier molecular flexibility index (Phi) is 5.18. The number of primary amides is 1. The summed E-state index contributed by atoms with van der Waals surface area (Å²) >= 11 is 0. The van der Waals surface area contributed by atoms with E-state index in [4.69, 9.17) is 19.9 Å². The fourth-order valence-corrected chi connectivity index (χ4v) is 2.84. The van der Waals surface area contributed by atoms with E-state index >= 15 is 0 Å². The molecule has 8 heteroatoms. The molecule has 1 aromatic heterocycles. The van der Waals surface area contributed by atoms with Crippen LogP contribution in [0.5, 0.6) is 17.2 Å². The van der Waals surface area contributed by atoms with Gasteiger partial charge in [-0.25, -0.2) is 0 Å². The molecule has 1 aromatic carbocycles. The van der Waals surface area contributed by atoms with Gasteiger partial charge in [0, 0.05) is 29.2 Å². The summed E-state index contributed by atoms with van der Waals surface area (Å²) in [5.74, 6) is 0.152. The number of aromatic nitrogens is 2. The fourth-order valence-electron chi connectivity index (χ4n) is 2.84. The number of nitrogens with two attached hydrogens (primary N) is 1. The standard InChI is InChI=1S/C16H21N3O5/c1-8-13(16(21)19-18-8)10(7-12(17)20)9-5-6-11(22-2)15(24-4)14(9)23-3/h5-6,10H,7H2,1-4H3,(H2,17,20)(H2,18,19,21). The van der Waals surface area contributed by atoms with Gasteiger partial charge in [0.15, 0.2) is 11.5 Å². The first-order valence-electron chi connectivity index (χ1n) is 7.28. The normalized spacial score (nSPS) is 11.8. The molecule has 0 bridgehead atoms. The molecular formula is C16H21N3O5. The number of carbonyl (C=O) groups is 1. The molecule has 130 valence electrons. The van der Waals surface area contributed by atoms with E-state index in [1.165, 1.54) is 21.3 Å². The Morgan fingerprint density at radius 1 is 1.12 bits per heavy atom. The van der Waals surface area contributed by atoms with Crippen LogP contribution in [0.25, 0.3) is 0 Å². The number of nitrogens with one attached hydrogen (secondary N) is 2. The van der Waals surface area contributed by atoms with E-state index in [9.17, 15) is 9.59 Å². The average Bonchev–Trinajstić information content (AvgIpc) is 2.89. The van der Waals surface area contributed by atoms with Gasteiger partial charge in [0.2, 0.25) is 11.7 Å². The number of aryl methyl sites for hydroxylation is 1. The summed E-state index contributed by atoms with van der Waals surface area (Å²) in [7, 11) is 4.48. The number of H-pyrrole nitrogens is 2. The van der Waals surface area contributed by atoms with Gasteiger partial charge in [-0.15, -0.1) is 0 Å². The van der Waals surface area contributed by atoms with Crippen LogP contribution in [0, 0.1) is 6.92 Å². The molecule has 8 nitrogen and oxygen atoms in total. The maximum absolute atomic E-state index is 12.2. The maximum atomic E-state index is 12.2. The van der Waals surface area contributed by atoms with E-state index in [2.05, 4.69) is 10.2 Å². The molecule has 1 heterocycles. The van der Waals surface area contributed by atoms with Gasteiger partial charge < -0.3 is 25.0 Å². The Balaban J connectivity index is 2.71. The van der Waals surface area contributed by atoms with Crippen LogP contribution in [0.1, 0.15) is 29.2 Å². The van der Waals surface area contributed by atoms with E-state index in [-0.39, 0.29) is 12.0 Å². The molecule has 2 rings (SSSR count). The zero-order valence-electron chi connectivity index (χ0n) is 14.1. The second kappa shape index (κ2) is 7.12. The highest BCUT2D eigenvalue weighted by atomic mass is 16.5. The average molecular weight is 335 g/mol. The molecule has 0 saturated carbocycles. The minimum Gasteiger partial charge on any atom is -0.493 e. The van der Waals surface area contributed by atoms with Crippen molar-refractivity contribution in [2.75, 3.05) is 21.3 Å². The van der Waals surface area contributed by atoms with Crippen molar-refractivity contribution in [1.82, 2.24) is 10.2 Å². The van der Waals surface area contributed by atoms with E-state index in [1.807, 2.05) is 0 Å². The fraction of sp³-hybridized carbons (Fsp3) is 0.375. The number of ether oxygens (including phenoxy) is 3. The lowest BCUT2D eigenvalue weighted by Crippen LogP contribution is -2.21. The van der Waals surface area contributed by atoms with Gasteiger partial charge in [0.1, 0.15) is 0 Å². The lowest BCUT2D eigenvalue weighted by molar-refractivity contribution is -0.118. The zero-order chi connectivity index (χ0) is 17.9. The van der Waals surface area contributed by atoms with Gasteiger partial charge in [-0.3, -0.25) is 14.7 Å². The Labute approximate surface area is 138 Å². The molecule has 1 atom stereocenters. The van der Waals surface area contributed by atoms with Crippen molar-refractivity contribution in [1.29, 1.82) is 0 Å². The largest absolute Gasteiger partial charge is 0.493 e. The van der Waals surface area contributed by atoms with Crippen molar-refractivity contribution in [3.63, 3.8) is 0 Å². The van der Waals surface area contributed by atoms with Crippen molar-refractivity contribution in [3.05, 3.63) is 39.3 Å². The number of methoxy groups -OCH3 is 3. The summed E-state index contributed by atoms with van der Waals surface area (Å²) in [5, 5.41) is 5.28. The summed E-state index contributed by atoms with van der Waals surface area (Å²) in [6, 6.07) is 3.43. The third-order valence-electron chi connectivity index (χ3n) is 3.88. The van der Waals surface area contributed by atoms with E-state index in [1.54, 1.807) is 19.1 Å². The predicted octanol–water partition coefficient (Wildman–Crippen LogP) is 1.04. The van der Waals surface area contributed by atoms with Crippen LogP contribution in [0.4, 0.5) is 0 Å². The third kappa shape index (κ3) is 3.08. The van der Waals surface area contributed by atoms with Crippen molar-refractivity contribution in [3.8, 4) is 17.2 Å². The number of hydrogen-bond acceptors (Lipinski definition) is 5. The van der Waals surface area contributed by atoms with Crippen LogP contribution in [0.3, 0.4) is 0 Å². The first-order chi connectivity index (χ1) is 11.4. The molecule has 4 N–H and O–H groups in total. The molecule has 24 heavy (non-hydrogen) atoms. The van der Waals surface area contributed by atoms with Crippen molar-refractivity contribution < 1.29 is 19.0 Å². The number of aromatic amines is 2. The molecule has 0 aliphatic carbocycles. The van der Waals surface area contributed by atoms with Gasteiger partial charge in [-0.1, -0.05) is 6.07 Å². The first kappa shape index (κ1) is 17.5. The number of benzene rings is 1. The topological polar surface area (TPSA) is 119 Å². The van der Waals surface area contributed by atoms with Crippen LogP contribution in [0.15, 0.2) is 16.9 Å². The van der Waals surface area contributed by atoms with Gasteiger partial charge in [-0.05, 0) is 13.0 Å². The molecule has 1 amide bonds. The predicted molar refractivity (Wildman–Crippen MR) is 87.9 cm³/mol. The second-order valence-corrected chi connectivity index (χ2v) is 5.26. The summed E-state index contributed by atoms with van der Waals surface area (Å²) < 4.78 is 16.1. The van der Waals surface area contributed by atoms with Gasteiger partial charge in [-0.2, -0.15) is 0 Å². The lowest BCUT2D eigenvalue weighted by Gasteiger charge is -2.21. The monoisotopic (exact) mass is 335 g/mol. The molecule has 0 radical (unpaired) electrons. The highest BCUT2D eigenvalue weighted by Crippen LogP contribution is 2.44. The Morgan fingerprint density at radius 3 is 2.25 bits per heavy atom. The molecular weight excluding hydrogens is 314 g/mol. The highest BCUT2D eigenvalue weighted by molar-refractivity contribution is 5.76. The minimum absolute atomic E-state index is 0.0480. The highest BCUT2D eigenvalue weighted by Gasteiger charge is 2.28. The molecule has 0 fully saturated rings. The van der Waals surface area contributed by atoms with Crippen molar-refractivity contribution in [2.45, 2.75) is 19.3 Å². The minimum atomic E-state index is -0.577. The Morgan fingerprint density at radius 2 is 1.79 bits per heavy atom. The van der Waals surface area contributed by atoms with E-state index in [0.29, 0.717) is 34.1 Å². The summed E-state index contributed by atoms with van der Waals surface area (Å²) in [5.41, 5.74) is 6.76. The third-order valence-corrected chi connectivity index (χ3v) is 3.88. The molecule has 1 unspecified atom stereocenters. The smallest absolute Gasteiger partial charge is 0.267 e. The van der Waals surface area contributed by atoms with Crippen molar-refractivity contribution in [2.24, 2.45) is 5.73 Å². The van der Waals surface area contributed by atoms with E-state index < -0.39 is 11.8 Å². The molecule has 0 spiro atoms. The van der Waals surface area contributed by atoms with Crippen LogP contribution in [0.2, 0.25) is 0 Å². The number of carbonyl (C=O) groups excluding carboxylic acids is 1. The quantitative estimate of drug-likeness (QED) is 0.698. The summed E-state index contributed by atoms with van der Waals surface area (Å²) in [6.07, 6.45) is -0.0480. The zero-order valence-corrected chi connectivity index (χ0v) is 14.1. The van der Waals surface area contributed by atoms with Crippen LogP contribution >= 0.6 is 0 Å². The van der Waals surface area contributed by atoms with Crippen LogP contribution in [-0.4, -0.2) is 37.4 Å². The SMILES string of the molecule is COc1ccc(C(CC(N)=O)c2c(C)[nH][nH]c2=O)c(OC)c1OC. The Bertz CT molecular complexity index is 793.